The Morgan fingerprint density at radius 1 is 0.967 bits per heavy atom. The lowest BCUT2D eigenvalue weighted by molar-refractivity contribution is 0.102. The summed E-state index contributed by atoms with van der Waals surface area (Å²) in [6.07, 6.45) is 1.68. The van der Waals surface area contributed by atoms with Gasteiger partial charge in [-0.1, -0.05) is 36.4 Å². The molecule has 0 fully saturated rings. The molecule has 4 rings (SSSR count). The van der Waals surface area contributed by atoms with Crippen molar-refractivity contribution >= 4 is 34.5 Å². The Labute approximate surface area is 174 Å². The highest BCUT2D eigenvalue weighted by Gasteiger charge is 2.13. The van der Waals surface area contributed by atoms with E-state index in [0.29, 0.717) is 16.9 Å². The van der Waals surface area contributed by atoms with Gasteiger partial charge in [-0.25, -0.2) is 4.98 Å². The van der Waals surface area contributed by atoms with Crippen molar-refractivity contribution < 1.29 is 9.53 Å². The first kappa shape index (κ1) is 19.1. The number of hydrogen-bond acceptors (Lipinski definition) is 5. The Morgan fingerprint density at radius 2 is 1.70 bits per heavy atom. The van der Waals surface area contributed by atoms with E-state index in [1.165, 1.54) is 0 Å². The van der Waals surface area contributed by atoms with Crippen LogP contribution in [0.5, 0.6) is 5.75 Å². The van der Waals surface area contributed by atoms with Gasteiger partial charge in [0.05, 0.1) is 24.4 Å². The molecule has 2 N–H and O–H groups in total. The van der Waals surface area contributed by atoms with Crippen molar-refractivity contribution in [3.63, 3.8) is 0 Å². The number of rotatable bonds is 6. The Kier molecular flexibility index (Phi) is 5.66. The monoisotopic (exact) mass is 396 g/mol. The first-order valence-electron chi connectivity index (χ1n) is 9.42. The third-order valence-electron chi connectivity index (χ3n) is 4.50. The van der Waals surface area contributed by atoms with Gasteiger partial charge >= 0.3 is 0 Å². The van der Waals surface area contributed by atoms with Crippen molar-refractivity contribution in [3.8, 4) is 5.75 Å². The van der Waals surface area contributed by atoms with E-state index in [4.69, 9.17) is 4.74 Å². The molecule has 6 heteroatoms. The number of hydrazone groups is 1. The fourth-order valence-corrected chi connectivity index (χ4v) is 3.00. The van der Waals surface area contributed by atoms with Crippen molar-refractivity contribution in [1.29, 1.82) is 0 Å². The molecule has 0 bridgehead atoms. The molecule has 0 atom stereocenters. The smallest absolute Gasteiger partial charge is 0.256 e. The van der Waals surface area contributed by atoms with Crippen LogP contribution in [-0.4, -0.2) is 24.2 Å². The molecule has 148 valence electrons. The first-order valence-corrected chi connectivity index (χ1v) is 9.42. The zero-order chi connectivity index (χ0) is 20.8. The molecule has 1 amide bonds. The number of fused-ring (bicyclic) bond motifs is 1. The Balaban J connectivity index is 1.59. The minimum Gasteiger partial charge on any atom is -0.497 e. The number of anilines is 2. The van der Waals surface area contributed by atoms with Crippen LogP contribution in [0.3, 0.4) is 0 Å². The van der Waals surface area contributed by atoms with Gasteiger partial charge in [0.25, 0.3) is 5.91 Å². The van der Waals surface area contributed by atoms with Gasteiger partial charge in [-0.15, -0.1) is 0 Å². The highest BCUT2D eigenvalue weighted by molar-refractivity contribution is 6.13. The molecule has 0 spiro atoms. The molecule has 4 aromatic rings. The van der Waals surface area contributed by atoms with Crippen molar-refractivity contribution in [3.05, 3.63) is 96.1 Å². The van der Waals surface area contributed by atoms with Crippen LogP contribution in [0, 0.1) is 0 Å². The lowest BCUT2D eigenvalue weighted by Gasteiger charge is -2.10. The minimum atomic E-state index is -0.206. The fourth-order valence-electron chi connectivity index (χ4n) is 3.00. The summed E-state index contributed by atoms with van der Waals surface area (Å²) in [5, 5.41) is 7.95. The molecule has 0 aliphatic carbocycles. The van der Waals surface area contributed by atoms with E-state index in [1.807, 2.05) is 78.9 Å². The second kappa shape index (κ2) is 8.87. The van der Waals surface area contributed by atoms with Gasteiger partial charge in [0.15, 0.2) is 0 Å². The van der Waals surface area contributed by atoms with Crippen LogP contribution in [0.2, 0.25) is 0 Å². The summed E-state index contributed by atoms with van der Waals surface area (Å²) in [4.78, 5) is 17.5. The van der Waals surface area contributed by atoms with E-state index in [9.17, 15) is 4.79 Å². The highest BCUT2D eigenvalue weighted by Crippen LogP contribution is 2.22. The predicted octanol–water partition coefficient (Wildman–Crippen LogP) is 4.94. The van der Waals surface area contributed by atoms with Crippen LogP contribution in [0.15, 0.2) is 90.0 Å². The molecule has 3 aromatic carbocycles. The van der Waals surface area contributed by atoms with Gasteiger partial charge < -0.3 is 10.1 Å². The zero-order valence-corrected chi connectivity index (χ0v) is 16.4. The number of methoxy groups -OCH3 is 1. The van der Waals surface area contributed by atoms with E-state index in [-0.39, 0.29) is 5.91 Å². The lowest BCUT2D eigenvalue weighted by atomic mass is 10.1. The van der Waals surface area contributed by atoms with Crippen molar-refractivity contribution in [2.45, 2.75) is 0 Å². The molecular formula is C24H20N4O2. The molecule has 0 saturated carbocycles. The Hall–Kier alpha value is -4.19. The van der Waals surface area contributed by atoms with Crippen molar-refractivity contribution in [1.82, 2.24) is 4.98 Å². The van der Waals surface area contributed by atoms with E-state index in [0.717, 1.165) is 22.4 Å². The summed E-state index contributed by atoms with van der Waals surface area (Å²) in [6, 6.07) is 26.1. The van der Waals surface area contributed by atoms with Crippen LogP contribution >= 0.6 is 0 Å². The van der Waals surface area contributed by atoms with Crippen molar-refractivity contribution in [2.24, 2.45) is 5.10 Å². The predicted molar refractivity (Wildman–Crippen MR) is 120 cm³/mol. The maximum Gasteiger partial charge on any atom is 0.256 e. The summed E-state index contributed by atoms with van der Waals surface area (Å²) < 4.78 is 5.15. The number of amides is 1. The number of carbonyl (C=O) groups excluding carboxylic acids is 1. The van der Waals surface area contributed by atoms with Gasteiger partial charge in [-0.05, 0) is 54.1 Å². The minimum absolute atomic E-state index is 0.206. The van der Waals surface area contributed by atoms with Crippen LogP contribution in [0.4, 0.5) is 11.5 Å². The van der Waals surface area contributed by atoms with E-state index in [1.54, 1.807) is 19.4 Å². The highest BCUT2D eigenvalue weighted by atomic mass is 16.5. The number of benzene rings is 3. The topological polar surface area (TPSA) is 75.6 Å². The van der Waals surface area contributed by atoms with Crippen molar-refractivity contribution in [2.75, 3.05) is 17.9 Å². The number of para-hydroxylation sites is 2. The number of aromatic nitrogens is 1. The summed E-state index contributed by atoms with van der Waals surface area (Å²) >= 11 is 0. The maximum atomic E-state index is 12.9. The van der Waals surface area contributed by atoms with Gasteiger partial charge in [0.1, 0.15) is 11.6 Å². The van der Waals surface area contributed by atoms with E-state index >= 15 is 0 Å². The summed E-state index contributed by atoms with van der Waals surface area (Å²) in [5.41, 5.74) is 5.79. The molecule has 0 aliphatic heterocycles. The van der Waals surface area contributed by atoms with Crippen LogP contribution in [0.1, 0.15) is 15.9 Å². The molecule has 0 aliphatic rings. The molecular weight excluding hydrogens is 376 g/mol. The number of ether oxygens (including phenoxy) is 1. The van der Waals surface area contributed by atoms with Crippen LogP contribution in [0.25, 0.3) is 10.9 Å². The SMILES string of the molecule is COc1ccc(/C=N/Nc2cc(C(=O)Nc3ccccc3)c3ccccc3n2)cc1. The Morgan fingerprint density at radius 3 is 2.47 bits per heavy atom. The lowest BCUT2D eigenvalue weighted by Crippen LogP contribution is -2.13. The fraction of sp³-hybridized carbons (Fsp3) is 0.0417. The molecule has 1 heterocycles. The molecule has 1 aromatic heterocycles. The van der Waals surface area contributed by atoms with Gasteiger partial charge in [-0.2, -0.15) is 5.10 Å². The normalized spacial score (nSPS) is 10.8. The third-order valence-corrected chi connectivity index (χ3v) is 4.50. The molecule has 0 unspecified atom stereocenters. The molecule has 0 saturated heterocycles. The Bertz CT molecular complexity index is 1190. The number of nitrogens with one attached hydrogen (secondary N) is 2. The first-order chi connectivity index (χ1) is 14.7. The number of hydrogen-bond donors (Lipinski definition) is 2. The second-order valence-corrected chi connectivity index (χ2v) is 6.54. The average Bonchev–Trinajstić information content (AvgIpc) is 2.79. The van der Waals surface area contributed by atoms with E-state index in [2.05, 4.69) is 20.8 Å². The quantitative estimate of drug-likeness (QED) is 0.357. The standard InChI is InChI=1S/C24H20N4O2/c1-30-19-13-11-17(12-14-19)16-25-28-23-15-21(20-9-5-6-10-22(20)27-23)24(29)26-18-7-3-2-4-8-18/h2-16H,1H3,(H,26,29)(H,27,28)/b25-16+. The number of carbonyl (C=O) groups is 1. The second-order valence-electron chi connectivity index (χ2n) is 6.54. The third kappa shape index (κ3) is 4.44. The average molecular weight is 396 g/mol. The van der Waals surface area contributed by atoms with E-state index < -0.39 is 0 Å². The van der Waals surface area contributed by atoms with Gasteiger partial charge in [0, 0.05) is 11.1 Å². The summed E-state index contributed by atoms with van der Waals surface area (Å²) in [6.45, 7) is 0. The number of pyridine rings is 1. The molecule has 30 heavy (non-hydrogen) atoms. The van der Waals surface area contributed by atoms with Gasteiger partial charge in [-0.3, -0.25) is 10.2 Å². The summed E-state index contributed by atoms with van der Waals surface area (Å²) in [5.74, 6) is 1.06. The molecule has 6 nitrogen and oxygen atoms in total. The maximum absolute atomic E-state index is 12.9. The van der Waals surface area contributed by atoms with Crippen LogP contribution < -0.4 is 15.5 Å². The summed E-state index contributed by atoms with van der Waals surface area (Å²) in [7, 11) is 1.63. The number of nitrogens with zero attached hydrogens (tertiary/aromatic N) is 2. The largest absolute Gasteiger partial charge is 0.497 e. The van der Waals surface area contributed by atoms with Gasteiger partial charge in [0.2, 0.25) is 0 Å². The molecule has 0 radical (unpaired) electrons. The zero-order valence-electron chi connectivity index (χ0n) is 16.4. The van der Waals surface area contributed by atoms with Crippen LogP contribution in [-0.2, 0) is 0 Å².